The largest absolute Gasteiger partial charge is 0.296 e. The van der Waals surface area contributed by atoms with Crippen LogP contribution in [0, 0.1) is 0 Å². The third-order valence-corrected chi connectivity index (χ3v) is 6.33. The lowest BCUT2D eigenvalue weighted by molar-refractivity contribution is -0.139. The summed E-state index contributed by atoms with van der Waals surface area (Å²) in [5.74, 6) is -0.0628. The van der Waals surface area contributed by atoms with Crippen molar-refractivity contribution in [3.05, 3.63) is 40.4 Å². The van der Waals surface area contributed by atoms with E-state index in [2.05, 4.69) is 15.5 Å². The summed E-state index contributed by atoms with van der Waals surface area (Å²) in [6.45, 7) is 0.251. The van der Waals surface area contributed by atoms with Gasteiger partial charge >= 0.3 is 0 Å². The molecule has 28 heavy (non-hydrogen) atoms. The van der Waals surface area contributed by atoms with Gasteiger partial charge in [-0.05, 0) is 30.5 Å². The first-order valence-electron chi connectivity index (χ1n) is 9.67. The zero-order valence-corrected chi connectivity index (χ0v) is 16.3. The van der Waals surface area contributed by atoms with Gasteiger partial charge in [-0.15, -0.1) is 10.2 Å². The van der Waals surface area contributed by atoms with Crippen LogP contribution in [0.5, 0.6) is 0 Å². The minimum absolute atomic E-state index is 0.142. The predicted molar refractivity (Wildman–Crippen MR) is 105 cm³/mol. The van der Waals surface area contributed by atoms with E-state index < -0.39 is 0 Å². The summed E-state index contributed by atoms with van der Waals surface area (Å²) in [7, 11) is 0. The van der Waals surface area contributed by atoms with Gasteiger partial charge in [-0.3, -0.25) is 24.6 Å². The summed E-state index contributed by atoms with van der Waals surface area (Å²) >= 11 is 1.45. The van der Waals surface area contributed by atoms with Crippen LogP contribution in [0.25, 0.3) is 0 Å². The molecule has 0 unspecified atom stereocenters. The van der Waals surface area contributed by atoms with Gasteiger partial charge in [0.1, 0.15) is 5.01 Å². The molecule has 1 saturated carbocycles. The Labute approximate surface area is 167 Å². The maximum absolute atomic E-state index is 12.5. The van der Waals surface area contributed by atoms with Crippen LogP contribution in [0.2, 0.25) is 0 Å². The molecule has 2 aliphatic rings. The standard InChI is InChI=1S/C20H22N4O3S/c25-16-10-11-17(26)24(16)12-13-6-8-14(9-7-13)18(27)21-20-23-22-19(28-20)15-4-2-1-3-5-15/h6-9,15H,1-5,10-12H2,(H,21,23,27). The van der Waals surface area contributed by atoms with Gasteiger partial charge in [0.25, 0.3) is 5.91 Å². The zero-order valence-electron chi connectivity index (χ0n) is 15.5. The molecule has 0 bridgehead atoms. The Balaban J connectivity index is 1.36. The van der Waals surface area contributed by atoms with Crippen LogP contribution in [0.1, 0.15) is 71.8 Å². The van der Waals surface area contributed by atoms with Gasteiger partial charge in [-0.1, -0.05) is 42.7 Å². The molecule has 2 aromatic rings. The number of carbonyl (C=O) groups excluding carboxylic acids is 3. The molecule has 0 atom stereocenters. The number of amides is 3. The summed E-state index contributed by atoms with van der Waals surface area (Å²) in [6, 6.07) is 6.92. The molecule has 1 aromatic carbocycles. The number of rotatable bonds is 5. The van der Waals surface area contributed by atoms with E-state index in [1.165, 1.54) is 35.5 Å². The number of carbonyl (C=O) groups is 3. The van der Waals surface area contributed by atoms with Gasteiger partial charge in [-0.2, -0.15) is 0 Å². The van der Waals surface area contributed by atoms with Crippen LogP contribution in [-0.2, 0) is 16.1 Å². The monoisotopic (exact) mass is 398 g/mol. The van der Waals surface area contributed by atoms with Gasteiger partial charge in [-0.25, -0.2) is 0 Å². The van der Waals surface area contributed by atoms with Gasteiger partial charge < -0.3 is 0 Å². The van der Waals surface area contributed by atoms with E-state index in [1.807, 2.05) is 0 Å². The van der Waals surface area contributed by atoms with Crippen molar-refractivity contribution < 1.29 is 14.4 Å². The summed E-state index contributed by atoms with van der Waals surface area (Å²) < 4.78 is 0. The predicted octanol–water partition coefficient (Wildman–Crippen LogP) is 3.49. The molecule has 2 heterocycles. The number of benzene rings is 1. The Hall–Kier alpha value is -2.61. The number of hydrogen-bond donors (Lipinski definition) is 1. The van der Waals surface area contributed by atoms with Crippen molar-refractivity contribution >= 4 is 34.2 Å². The fraction of sp³-hybridized carbons (Fsp3) is 0.450. The molecule has 0 radical (unpaired) electrons. The second kappa shape index (κ2) is 8.18. The normalized spacial score (nSPS) is 17.9. The highest BCUT2D eigenvalue weighted by molar-refractivity contribution is 7.15. The molecule has 1 aliphatic heterocycles. The molecule has 8 heteroatoms. The number of imide groups is 1. The third-order valence-electron chi connectivity index (χ3n) is 5.33. The van der Waals surface area contributed by atoms with Gasteiger partial charge in [0.2, 0.25) is 16.9 Å². The highest BCUT2D eigenvalue weighted by Gasteiger charge is 2.28. The van der Waals surface area contributed by atoms with Crippen LogP contribution < -0.4 is 5.32 Å². The Morgan fingerprint density at radius 1 is 1.04 bits per heavy atom. The van der Waals surface area contributed by atoms with Crippen molar-refractivity contribution in [2.45, 2.75) is 57.4 Å². The lowest BCUT2D eigenvalue weighted by Gasteiger charge is -2.18. The Morgan fingerprint density at radius 3 is 2.39 bits per heavy atom. The minimum atomic E-state index is -0.244. The molecule has 7 nitrogen and oxygen atoms in total. The number of nitrogens with zero attached hydrogens (tertiary/aromatic N) is 3. The van der Waals surface area contributed by atoms with Gasteiger partial charge in [0.15, 0.2) is 0 Å². The summed E-state index contributed by atoms with van der Waals surface area (Å²) in [5.41, 5.74) is 1.31. The molecule has 0 spiro atoms. The highest BCUT2D eigenvalue weighted by atomic mass is 32.1. The molecule has 1 N–H and O–H groups in total. The van der Waals surface area contributed by atoms with Crippen LogP contribution in [0.4, 0.5) is 5.13 Å². The fourth-order valence-corrected chi connectivity index (χ4v) is 4.62. The summed E-state index contributed by atoms with van der Waals surface area (Å²) in [6.07, 6.45) is 6.60. The summed E-state index contributed by atoms with van der Waals surface area (Å²) in [4.78, 5) is 37.2. The number of nitrogens with one attached hydrogen (secondary N) is 1. The maximum atomic E-state index is 12.5. The smallest absolute Gasteiger partial charge is 0.257 e. The molecule has 4 rings (SSSR count). The second-order valence-corrected chi connectivity index (χ2v) is 8.31. The first kappa shape index (κ1) is 18.7. The van der Waals surface area contributed by atoms with Crippen molar-refractivity contribution in [2.24, 2.45) is 0 Å². The van der Waals surface area contributed by atoms with Crippen molar-refractivity contribution in [3.63, 3.8) is 0 Å². The molecule has 1 saturated heterocycles. The van der Waals surface area contributed by atoms with Crippen LogP contribution in [0.15, 0.2) is 24.3 Å². The Bertz CT molecular complexity index is 871. The first-order chi connectivity index (χ1) is 13.6. The van der Waals surface area contributed by atoms with Crippen molar-refractivity contribution in [1.82, 2.24) is 15.1 Å². The maximum Gasteiger partial charge on any atom is 0.257 e. The SMILES string of the molecule is O=C(Nc1nnc(C2CCCCC2)s1)c1ccc(CN2C(=O)CCC2=O)cc1. The quantitative estimate of drug-likeness (QED) is 0.779. The lowest BCUT2D eigenvalue weighted by atomic mass is 9.90. The molecule has 3 amide bonds. The van der Waals surface area contributed by atoms with Crippen molar-refractivity contribution in [3.8, 4) is 0 Å². The molecule has 146 valence electrons. The number of likely N-dealkylation sites (tertiary alicyclic amines) is 1. The average molecular weight is 398 g/mol. The summed E-state index contributed by atoms with van der Waals surface area (Å²) in [5, 5.41) is 12.7. The number of anilines is 1. The zero-order chi connectivity index (χ0) is 19.5. The van der Waals surface area contributed by atoms with Gasteiger partial charge in [0.05, 0.1) is 6.54 Å². The van der Waals surface area contributed by atoms with E-state index in [9.17, 15) is 14.4 Å². The third kappa shape index (κ3) is 4.11. The van der Waals surface area contributed by atoms with Crippen molar-refractivity contribution in [1.29, 1.82) is 0 Å². The highest BCUT2D eigenvalue weighted by Crippen LogP contribution is 2.35. The topological polar surface area (TPSA) is 92.3 Å². The Kier molecular flexibility index (Phi) is 5.47. The average Bonchev–Trinajstić information content (AvgIpc) is 3.31. The van der Waals surface area contributed by atoms with E-state index in [4.69, 9.17) is 0 Å². The first-order valence-corrected chi connectivity index (χ1v) is 10.5. The molecule has 1 aliphatic carbocycles. The molecule has 1 aromatic heterocycles. The van der Waals surface area contributed by atoms with Crippen molar-refractivity contribution in [2.75, 3.05) is 5.32 Å². The number of aromatic nitrogens is 2. The van der Waals surface area contributed by atoms with E-state index >= 15 is 0 Å². The molecular formula is C20H22N4O3S. The number of hydrogen-bond acceptors (Lipinski definition) is 6. The van der Waals surface area contributed by atoms with Crippen LogP contribution in [-0.4, -0.2) is 32.8 Å². The van der Waals surface area contributed by atoms with Crippen LogP contribution in [0.3, 0.4) is 0 Å². The van der Waals surface area contributed by atoms with E-state index in [1.54, 1.807) is 24.3 Å². The molecular weight excluding hydrogens is 376 g/mol. The van der Waals surface area contributed by atoms with E-state index in [0.29, 0.717) is 16.6 Å². The molecule has 2 fully saturated rings. The second-order valence-electron chi connectivity index (χ2n) is 7.31. The van der Waals surface area contributed by atoms with E-state index in [-0.39, 0.29) is 37.1 Å². The van der Waals surface area contributed by atoms with Gasteiger partial charge in [0, 0.05) is 24.3 Å². The lowest BCUT2D eigenvalue weighted by Crippen LogP contribution is -2.28. The fourth-order valence-electron chi connectivity index (χ4n) is 3.71. The van der Waals surface area contributed by atoms with E-state index in [0.717, 1.165) is 23.4 Å². The minimum Gasteiger partial charge on any atom is -0.296 e. The Morgan fingerprint density at radius 2 is 1.71 bits per heavy atom. The van der Waals surface area contributed by atoms with Crippen LogP contribution >= 0.6 is 11.3 Å².